The van der Waals surface area contributed by atoms with E-state index in [1.165, 1.54) is 231 Å². The summed E-state index contributed by atoms with van der Waals surface area (Å²) in [6.45, 7) is 6.56. The SMILES string of the molecule is CC/C=C\C/C=C\C/C=C\CCCCCCCCCC(=O)OCC(COC(=O)CCCCCCCCCCCC/C=C\C/C=C\C/C=C\CCCCCCC)OC(=O)CCCCCCCCCCCCC/C=C\CCCCCCCCCC. The highest BCUT2D eigenvalue weighted by Crippen LogP contribution is 2.17. The average Bonchev–Trinajstić information content (AvgIpc) is 3.49. The Morgan fingerprint density at radius 3 is 0.747 bits per heavy atom. The molecular weight excluding hydrogens is 1020 g/mol. The molecule has 0 bridgehead atoms. The zero-order valence-electron chi connectivity index (χ0n) is 55.2. The van der Waals surface area contributed by atoms with Gasteiger partial charge in [-0.2, -0.15) is 0 Å². The third kappa shape index (κ3) is 69.3. The van der Waals surface area contributed by atoms with Crippen LogP contribution in [0.15, 0.2) is 85.1 Å². The van der Waals surface area contributed by atoms with Crippen LogP contribution in [0.1, 0.15) is 367 Å². The lowest BCUT2D eigenvalue weighted by molar-refractivity contribution is -0.167. The van der Waals surface area contributed by atoms with Gasteiger partial charge in [0.15, 0.2) is 6.10 Å². The van der Waals surface area contributed by atoms with Crippen LogP contribution in [0.5, 0.6) is 0 Å². The summed E-state index contributed by atoms with van der Waals surface area (Å²) in [5.41, 5.74) is 0. The number of carbonyl (C=O) groups is 3. The number of allylic oxidation sites excluding steroid dienone is 14. The first kappa shape index (κ1) is 79.6. The Hall–Kier alpha value is -3.41. The number of ether oxygens (including phenoxy) is 3. The molecule has 0 aromatic carbocycles. The summed E-state index contributed by atoms with van der Waals surface area (Å²) in [7, 11) is 0. The lowest BCUT2D eigenvalue weighted by atomic mass is 10.0. The van der Waals surface area contributed by atoms with Gasteiger partial charge in [0.2, 0.25) is 0 Å². The van der Waals surface area contributed by atoms with Gasteiger partial charge in [-0.25, -0.2) is 0 Å². The van der Waals surface area contributed by atoms with Crippen molar-refractivity contribution in [2.24, 2.45) is 0 Å². The third-order valence-electron chi connectivity index (χ3n) is 15.9. The molecule has 83 heavy (non-hydrogen) atoms. The largest absolute Gasteiger partial charge is 0.462 e. The molecule has 6 nitrogen and oxygen atoms in total. The molecule has 0 rings (SSSR count). The average molecular weight is 1160 g/mol. The van der Waals surface area contributed by atoms with E-state index in [4.69, 9.17) is 14.2 Å². The van der Waals surface area contributed by atoms with Gasteiger partial charge in [0.1, 0.15) is 13.2 Å². The summed E-state index contributed by atoms with van der Waals surface area (Å²) in [5.74, 6) is -0.875. The van der Waals surface area contributed by atoms with Crippen molar-refractivity contribution in [1.29, 1.82) is 0 Å². The van der Waals surface area contributed by atoms with Crippen molar-refractivity contribution in [3.63, 3.8) is 0 Å². The predicted molar refractivity (Wildman–Crippen MR) is 362 cm³/mol. The highest BCUT2D eigenvalue weighted by atomic mass is 16.6. The molecule has 0 aliphatic carbocycles. The third-order valence-corrected chi connectivity index (χ3v) is 15.9. The number of unbranched alkanes of at least 4 members (excludes halogenated alkanes) is 41. The Bertz CT molecular complexity index is 1570. The summed E-state index contributed by atoms with van der Waals surface area (Å²) < 4.78 is 17.0. The smallest absolute Gasteiger partial charge is 0.306 e. The Labute approximate surface area is 515 Å². The van der Waals surface area contributed by atoms with Crippen LogP contribution in [-0.4, -0.2) is 37.2 Å². The normalized spacial score (nSPS) is 12.6. The van der Waals surface area contributed by atoms with Crippen LogP contribution in [0.2, 0.25) is 0 Å². The second kappa shape index (κ2) is 71.1. The highest BCUT2D eigenvalue weighted by molar-refractivity contribution is 5.71. The molecule has 0 heterocycles. The zero-order chi connectivity index (χ0) is 59.9. The van der Waals surface area contributed by atoms with Gasteiger partial charge in [0.25, 0.3) is 0 Å². The maximum Gasteiger partial charge on any atom is 0.306 e. The van der Waals surface area contributed by atoms with Crippen molar-refractivity contribution in [3.05, 3.63) is 85.1 Å². The molecule has 0 aliphatic heterocycles. The number of carbonyl (C=O) groups excluding carboxylic acids is 3. The van der Waals surface area contributed by atoms with Crippen LogP contribution in [0.3, 0.4) is 0 Å². The van der Waals surface area contributed by atoms with E-state index in [1.54, 1.807) is 0 Å². The molecule has 1 atom stereocenters. The summed E-state index contributed by atoms with van der Waals surface area (Å²) in [4.78, 5) is 38.5. The molecule has 0 saturated heterocycles. The standard InChI is InChI=1S/C77H136O6/c1-4-7-10-13-16-19-22-25-28-31-33-35-37-38-40-41-43-46-49-52-55-58-61-64-67-70-76(79)82-73-74(72-81-75(78)69-66-63-60-57-54-51-48-45-30-27-24-21-18-15-12-9-6-3)83-77(80)71-68-65-62-59-56-53-50-47-44-42-39-36-34-32-29-26-23-20-17-14-11-8-5-2/h9,12,18,21-22,25,27,30-34,37-38,74H,4-8,10-11,13-17,19-20,23-24,26,28-29,35-36,39-73H2,1-3H3/b12-9-,21-18-,25-22-,30-27-,33-31-,34-32-,38-37-. The fourth-order valence-corrected chi connectivity index (χ4v) is 10.5. The summed E-state index contributed by atoms with van der Waals surface area (Å²) in [5, 5.41) is 0. The minimum Gasteiger partial charge on any atom is -0.462 e. The van der Waals surface area contributed by atoms with E-state index in [0.29, 0.717) is 19.3 Å². The summed E-state index contributed by atoms with van der Waals surface area (Å²) in [6.07, 6.45) is 94.6. The Kier molecular flexibility index (Phi) is 68.2. The Morgan fingerprint density at radius 1 is 0.253 bits per heavy atom. The first-order chi connectivity index (χ1) is 41.0. The van der Waals surface area contributed by atoms with E-state index in [9.17, 15) is 14.4 Å². The molecule has 0 N–H and O–H groups in total. The Morgan fingerprint density at radius 2 is 0.470 bits per heavy atom. The molecule has 0 spiro atoms. The second-order valence-electron chi connectivity index (χ2n) is 24.1. The van der Waals surface area contributed by atoms with E-state index in [2.05, 4.69) is 106 Å². The van der Waals surface area contributed by atoms with Gasteiger partial charge < -0.3 is 14.2 Å². The predicted octanol–water partition coefficient (Wildman–Crippen LogP) is 25.0. The van der Waals surface area contributed by atoms with Crippen molar-refractivity contribution in [3.8, 4) is 0 Å². The lowest BCUT2D eigenvalue weighted by Gasteiger charge is -2.18. The van der Waals surface area contributed by atoms with Gasteiger partial charge in [-0.1, -0.05) is 318 Å². The molecule has 0 radical (unpaired) electrons. The number of rotatable bonds is 66. The molecule has 480 valence electrons. The number of hydrogen-bond acceptors (Lipinski definition) is 6. The van der Waals surface area contributed by atoms with E-state index in [1.807, 2.05) is 0 Å². The van der Waals surface area contributed by atoms with Crippen LogP contribution in [0.25, 0.3) is 0 Å². The van der Waals surface area contributed by atoms with Crippen LogP contribution >= 0.6 is 0 Å². The molecule has 0 aliphatic rings. The van der Waals surface area contributed by atoms with Gasteiger partial charge in [-0.05, 0) is 116 Å². The van der Waals surface area contributed by atoms with Gasteiger partial charge in [-0.15, -0.1) is 0 Å². The molecule has 0 aromatic rings. The van der Waals surface area contributed by atoms with Gasteiger partial charge in [0.05, 0.1) is 0 Å². The van der Waals surface area contributed by atoms with E-state index >= 15 is 0 Å². The fraction of sp³-hybridized carbons (Fsp3) is 0.779. The summed E-state index contributed by atoms with van der Waals surface area (Å²) >= 11 is 0. The molecule has 6 heteroatoms. The molecular formula is C77H136O6. The maximum absolute atomic E-state index is 13.0. The van der Waals surface area contributed by atoms with Crippen molar-refractivity contribution in [2.45, 2.75) is 374 Å². The van der Waals surface area contributed by atoms with Gasteiger partial charge in [-0.3, -0.25) is 14.4 Å². The van der Waals surface area contributed by atoms with Crippen molar-refractivity contribution in [2.75, 3.05) is 13.2 Å². The fourth-order valence-electron chi connectivity index (χ4n) is 10.5. The quantitative estimate of drug-likeness (QED) is 0.0261. The van der Waals surface area contributed by atoms with Crippen LogP contribution < -0.4 is 0 Å². The molecule has 1 unspecified atom stereocenters. The minimum atomic E-state index is -0.785. The van der Waals surface area contributed by atoms with Crippen LogP contribution in [0, 0.1) is 0 Å². The van der Waals surface area contributed by atoms with E-state index < -0.39 is 6.10 Å². The lowest BCUT2D eigenvalue weighted by Crippen LogP contribution is -2.30. The zero-order valence-corrected chi connectivity index (χ0v) is 55.2. The second-order valence-corrected chi connectivity index (χ2v) is 24.1. The van der Waals surface area contributed by atoms with Crippen molar-refractivity contribution < 1.29 is 28.6 Å². The topological polar surface area (TPSA) is 78.9 Å². The minimum absolute atomic E-state index is 0.0802. The van der Waals surface area contributed by atoms with Crippen molar-refractivity contribution >= 4 is 17.9 Å². The van der Waals surface area contributed by atoms with E-state index in [-0.39, 0.29) is 31.1 Å². The van der Waals surface area contributed by atoms with Crippen LogP contribution in [-0.2, 0) is 28.6 Å². The van der Waals surface area contributed by atoms with Crippen LogP contribution in [0.4, 0.5) is 0 Å². The molecule has 0 amide bonds. The van der Waals surface area contributed by atoms with Gasteiger partial charge in [0, 0.05) is 19.3 Å². The summed E-state index contributed by atoms with van der Waals surface area (Å²) in [6, 6.07) is 0. The number of hydrogen-bond donors (Lipinski definition) is 0. The maximum atomic E-state index is 13.0. The van der Waals surface area contributed by atoms with E-state index in [0.717, 1.165) is 96.3 Å². The highest BCUT2D eigenvalue weighted by Gasteiger charge is 2.19. The monoisotopic (exact) mass is 1160 g/mol. The Balaban J connectivity index is 4.35. The first-order valence-corrected chi connectivity index (χ1v) is 36.1. The molecule has 0 aromatic heterocycles. The first-order valence-electron chi connectivity index (χ1n) is 36.1. The van der Waals surface area contributed by atoms with Crippen molar-refractivity contribution in [1.82, 2.24) is 0 Å². The molecule has 0 saturated carbocycles. The molecule has 0 fully saturated rings. The number of esters is 3. The van der Waals surface area contributed by atoms with Gasteiger partial charge >= 0.3 is 17.9 Å².